The van der Waals surface area contributed by atoms with E-state index in [9.17, 15) is 4.39 Å². The van der Waals surface area contributed by atoms with Crippen LogP contribution in [0, 0.1) is 11.7 Å². The standard InChI is InChI=1S/C17H26FNS/c1-3-9-19-12-14-7-8-17(16(18)11-14)20-15-6-4-5-13(2)10-15/h7-8,11,13,15,19H,3-6,9-10,12H2,1-2H3. The van der Waals surface area contributed by atoms with E-state index in [0.29, 0.717) is 5.25 Å². The van der Waals surface area contributed by atoms with Crippen molar-refractivity contribution in [2.45, 2.75) is 62.6 Å². The fourth-order valence-electron chi connectivity index (χ4n) is 2.82. The first-order valence-corrected chi connectivity index (χ1v) is 8.72. The number of hydrogen-bond donors (Lipinski definition) is 1. The Morgan fingerprint density at radius 2 is 2.20 bits per heavy atom. The van der Waals surface area contributed by atoms with Gasteiger partial charge in [-0.05, 0) is 49.4 Å². The molecule has 1 saturated carbocycles. The van der Waals surface area contributed by atoms with Gasteiger partial charge in [0.25, 0.3) is 0 Å². The minimum Gasteiger partial charge on any atom is -0.313 e. The van der Waals surface area contributed by atoms with Crippen LogP contribution in [-0.2, 0) is 6.54 Å². The molecule has 1 N–H and O–H groups in total. The molecule has 1 aromatic rings. The lowest BCUT2D eigenvalue weighted by molar-refractivity contribution is 0.394. The van der Waals surface area contributed by atoms with Crippen LogP contribution < -0.4 is 5.32 Å². The molecule has 0 heterocycles. The van der Waals surface area contributed by atoms with Gasteiger partial charge in [-0.1, -0.05) is 32.8 Å². The highest BCUT2D eigenvalue weighted by molar-refractivity contribution is 8.00. The Balaban J connectivity index is 1.91. The summed E-state index contributed by atoms with van der Waals surface area (Å²) >= 11 is 1.74. The summed E-state index contributed by atoms with van der Waals surface area (Å²) < 4.78 is 14.2. The molecule has 2 rings (SSSR count). The highest BCUT2D eigenvalue weighted by Gasteiger charge is 2.20. The van der Waals surface area contributed by atoms with Crippen LogP contribution in [0.15, 0.2) is 23.1 Å². The van der Waals surface area contributed by atoms with Crippen molar-refractivity contribution in [2.24, 2.45) is 5.92 Å². The molecule has 1 nitrogen and oxygen atoms in total. The minimum absolute atomic E-state index is 0.0518. The van der Waals surface area contributed by atoms with Gasteiger partial charge in [0.05, 0.1) is 0 Å². The van der Waals surface area contributed by atoms with Gasteiger partial charge in [0.1, 0.15) is 5.82 Å². The van der Waals surface area contributed by atoms with Gasteiger partial charge < -0.3 is 5.32 Å². The zero-order valence-corrected chi connectivity index (χ0v) is 13.4. The van der Waals surface area contributed by atoms with Crippen molar-refractivity contribution in [2.75, 3.05) is 6.54 Å². The van der Waals surface area contributed by atoms with E-state index in [2.05, 4.69) is 25.2 Å². The third-order valence-corrected chi connectivity index (χ3v) is 5.28. The van der Waals surface area contributed by atoms with E-state index < -0.39 is 0 Å². The lowest BCUT2D eigenvalue weighted by Gasteiger charge is -2.26. The molecular weight excluding hydrogens is 269 g/mol. The quantitative estimate of drug-likeness (QED) is 0.741. The van der Waals surface area contributed by atoms with Gasteiger partial charge in [0, 0.05) is 16.7 Å². The molecular formula is C17H26FNS. The van der Waals surface area contributed by atoms with Crippen molar-refractivity contribution in [1.29, 1.82) is 0 Å². The molecule has 1 aliphatic carbocycles. The molecule has 1 fully saturated rings. The summed E-state index contributed by atoms with van der Waals surface area (Å²) in [4.78, 5) is 0.823. The molecule has 0 spiro atoms. The molecule has 1 aromatic carbocycles. The monoisotopic (exact) mass is 295 g/mol. The molecule has 0 saturated heterocycles. The van der Waals surface area contributed by atoms with Crippen LogP contribution in [0.25, 0.3) is 0 Å². The molecule has 1 aliphatic rings. The zero-order chi connectivity index (χ0) is 14.4. The smallest absolute Gasteiger partial charge is 0.137 e. The number of halogens is 1. The van der Waals surface area contributed by atoms with Gasteiger partial charge in [-0.2, -0.15) is 0 Å². The van der Waals surface area contributed by atoms with Crippen LogP contribution in [0.3, 0.4) is 0 Å². The molecule has 20 heavy (non-hydrogen) atoms. The van der Waals surface area contributed by atoms with Gasteiger partial charge in [-0.15, -0.1) is 11.8 Å². The van der Waals surface area contributed by atoms with Crippen LogP contribution in [-0.4, -0.2) is 11.8 Å². The van der Waals surface area contributed by atoms with Crippen LogP contribution in [0.5, 0.6) is 0 Å². The number of hydrogen-bond acceptors (Lipinski definition) is 2. The highest BCUT2D eigenvalue weighted by atomic mass is 32.2. The maximum atomic E-state index is 14.2. The second kappa shape index (κ2) is 8.04. The predicted molar refractivity (Wildman–Crippen MR) is 85.7 cm³/mol. The maximum absolute atomic E-state index is 14.2. The fourth-order valence-corrected chi connectivity index (χ4v) is 4.21. The van der Waals surface area contributed by atoms with Crippen molar-refractivity contribution in [1.82, 2.24) is 5.32 Å². The van der Waals surface area contributed by atoms with Crippen molar-refractivity contribution in [3.63, 3.8) is 0 Å². The predicted octanol–water partition coefficient (Wildman–Crippen LogP) is 5.00. The summed E-state index contributed by atoms with van der Waals surface area (Å²) in [7, 11) is 0. The maximum Gasteiger partial charge on any atom is 0.137 e. The Kier molecular flexibility index (Phi) is 6.37. The van der Waals surface area contributed by atoms with Crippen molar-refractivity contribution in [3.05, 3.63) is 29.6 Å². The average molecular weight is 295 g/mol. The Bertz CT molecular complexity index is 421. The molecule has 3 heteroatoms. The third kappa shape index (κ3) is 4.78. The van der Waals surface area contributed by atoms with Gasteiger partial charge in [-0.25, -0.2) is 4.39 Å². The number of benzene rings is 1. The van der Waals surface area contributed by atoms with E-state index in [1.807, 2.05) is 6.07 Å². The van der Waals surface area contributed by atoms with Crippen molar-refractivity contribution in [3.8, 4) is 0 Å². The Morgan fingerprint density at radius 1 is 1.35 bits per heavy atom. The Labute approximate surface area is 126 Å². The van der Waals surface area contributed by atoms with E-state index in [-0.39, 0.29) is 5.82 Å². The van der Waals surface area contributed by atoms with Gasteiger partial charge in [0.15, 0.2) is 0 Å². The first-order chi connectivity index (χ1) is 9.69. The molecule has 0 aliphatic heterocycles. The molecule has 0 aromatic heterocycles. The van der Waals surface area contributed by atoms with Crippen LogP contribution in [0.1, 0.15) is 51.5 Å². The summed E-state index contributed by atoms with van der Waals surface area (Å²) in [5.41, 5.74) is 1.04. The fraction of sp³-hybridized carbons (Fsp3) is 0.647. The summed E-state index contributed by atoms with van der Waals surface area (Å²) in [6, 6.07) is 5.71. The Morgan fingerprint density at radius 3 is 2.90 bits per heavy atom. The van der Waals surface area contributed by atoms with Crippen LogP contribution >= 0.6 is 11.8 Å². The minimum atomic E-state index is -0.0518. The summed E-state index contributed by atoms with van der Waals surface area (Å²) in [5, 5.41) is 3.91. The second-order valence-electron chi connectivity index (χ2n) is 5.95. The summed E-state index contributed by atoms with van der Waals surface area (Å²) in [5.74, 6) is 0.742. The molecule has 0 radical (unpaired) electrons. The Hall–Kier alpha value is -0.540. The third-order valence-electron chi connectivity index (χ3n) is 3.93. The van der Waals surface area contributed by atoms with E-state index in [1.165, 1.54) is 25.7 Å². The molecule has 2 unspecified atom stereocenters. The largest absolute Gasteiger partial charge is 0.313 e. The van der Waals surface area contributed by atoms with Gasteiger partial charge in [0.2, 0.25) is 0 Å². The lowest BCUT2D eigenvalue weighted by Crippen LogP contribution is -2.15. The summed E-state index contributed by atoms with van der Waals surface area (Å²) in [6.07, 6.45) is 6.19. The topological polar surface area (TPSA) is 12.0 Å². The zero-order valence-electron chi connectivity index (χ0n) is 12.6. The first kappa shape index (κ1) is 15.8. The van der Waals surface area contributed by atoms with E-state index in [4.69, 9.17) is 0 Å². The van der Waals surface area contributed by atoms with E-state index >= 15 is 0 Å². The van der Waals surface area contributed by atoms with Crippen molar-refractivity contribution >= 4 is 11.8 Å². The molecule has 2 atom stereocenters. The molecule has 0 bridgehead atoms. The highest BCUT2D eigenvalue weighted by Crippen LogP contribution is 2.37. The molecule has 0 amide bonds. The van der Waals surface area contributed by atoms with Gasteiger partial charge in [-0.3, -0.25) is 0 Å². The number of nitrogens with one attached hydrogen (secondary N) is 1. The number of rotatable bonds is 6. The average Bonchev–Trinajstić information content (AvgIpc) is 2.42. The van der Waals surface area contributed by atoms with Gasteiger partial charge >= 0.3 is 0 Å². The van der Waals surface area contributed by atoms with Crippen molar-refractivity contribution < 1.29 is 4.39 Å². The second-order valence-corrected chi connectivity index (χ2v) is 7.30. The first-order valence-electron chi connectivity index (χ1n) is 7.84. The normalized spacial score (nSPS) is 22.9. The van der Waals surface area contributed by atoms with E-state index in [1.54, 1.807) is 17.8 Å². The summed E-state index contributed by atoms with van der Waals surface area (Å²) in [6.45, 7) is 6.19. The van der Waals surface area contributed by atoms with Crippen LogP contribution in [0.4, 0.5) is 4.39 Å². The lowest BCUT2D eigenvalue weighted by atomic mass is 9.91. The SMILES string of the molecule is CCCNCc1ccc(SC2CCCC(C)C2)c(F)c1. The van der Waals surface area contributed by atoms with Crippen LogP contribution in [0.2, 0.25) is 0 Å². The van der Waals surface area contributed by atoms with E-state index in [0.717, 1.165) is 35.9 Å². The number of thioether (sulfide) groups is 1. The molecule has 112 valence electrons.